The lowest BCUT2D eigenvalue weighted by molar-refractivity contribution is 0.508. The maximum Gasteiger partial charge on any atom is 0.193 e. The Kier molecular flexibility index (Phi) is 2.74. The molecule has 0 heterocycles. The summed E-state index contributed by atoms with van der Waals surface area (Å²) in [6, 6.07) is 0.697. The van der Waals surface area contributed by atoms with Gasteiger partial charge in [0.15, 0.2) is 5.96 Å². The summed E-state index contributed by atoms with van der Waals surface area (Å²) in [6.07, 6.45) is 2.60. The summed E-state index contributed by atoms with van der Waals surface area (Å²) in [6.45, 7) is 3.13. The van der Waals surface area contributed by atoms with Gasteiger partial charge in [-0.1, -0.05) is 0 Å². The Morgan fingerprint density at radius 1 is 1.64 bits per heavy atom. The van der Waals surface area contributed by atoms with Crippen LogP contribution in [-0.4, -0.2) is 37.5 Å². The fraction of sp³-hybridized carbons (Fsp3) is 0.875. The van der Waals surface area contributed by atoms with Gasteiger partial charge < -0.3 is 10.2 Å². The summed E-state index contributed by atoms with van der Waals surface area (Å²) in [7, 11) is 3.88. The van der Waals surface area contributed by atoms with Crippen LogP contribution in [0.15, 0.2) is 4.99 Å². The van der Waals surface area contributed by atoms with E-state index in [4.69, 9.17) is 0 Å². The summed E-state index contributed by atoms with van der Waals surface area (Å²) in [5.74, 6) is 1.02. The van der Waals surface area contributed by atoms with Crippen LogP contribution in [0.1, 0.15) is 19.8 Å². The second-order valence-electron chi connectivity index (χ2n) is 2.98. The van der Waals surface area contributed by atoms with Crippen molar-refractivity contribution in [3.8, 4) is 0 Å². The lowest BCUT2D eigenvalue weighted by Crippen LogP contribution is -2.39. The Morgan fingerprint density at radius 3 is 2.64 bits per heavy atom. The summed E-state index contributed by atoms with van der Waals surface area (Å²) in [5, 5.41) is 3.37. The lowest BCUT2D eigenvalue weighted by atomic mass is 10.6. The molecule has 1 fully saturated rings. The fourth-order valence-corrected chi connectivity index (χ4v) is 0.905. The predicted molar refractivity (Wildman–Crippen MR) is 47.8 cm³/mol. The van der Waals surface area contributed by atoms with E-state index >= 15 is 0 Å². The van der Waals surface area contributed by atoms with Crippen LogP contribution >= 0.6 is 0 Å². The Hall–Kier alpha value is -0.730. The molecule has 0 aromatic rings. The molecule has 0 radical (unpaired) electrons. The monoisotopic (exact) mass is 155 g/mol. The van der Waals surface area contributed by atoms with Crippen LogP contribution < -0.4 is 5.32 Å². The molecule has 0 amide bonds. The van der Waals surface area contributed by atoms with E-state index in [1.54, 1.807) is 0 Å². The van der Waals surface area contributed by atoms with Crippen molar-refractivity contribution < 1.29 is 0 Å². The van der Waals surface area contributed by atoms with Crippen molar-refractivity contribution in [1.29, 1.82) is 0 Å². The summed E-state index contributed by atoms with van der Waals surface area (Å²) in [5.41, 5.74) is 0. The standard InChI is InChI=1S/C8H17N3/c1-4-11(3)8(9-2)10-7-5-6-7/h7H,4-6H2,1-3H3,(H,9,10). The van der Waals surface area contributed by atoms with Gasteiger partial charge in [0.1, 0.15) is 0 Å². The van der Waals surface area contributed by atoms with Gasteiger partial charge in [-0.25, -0.2) is 0 Å². The summed E-state index contributed by atoms with van der Waals surface area (Å²) >= 11 is 0. The molecule has 0 spiro atoms. The highest BCUT2D eigenvalue weighted by Gasteiger charge is 2.22. The van der Waals surface area contributed by atoms with E-state index in [1.807, 2.05) is 7.05 Å². The molecule has 1 N–H and O–H groups in total. The summed E-state index contributed by atoms with van der Waals surface area (Å²) in [4.78, 5) is 6.29. The van der Waals surface area contributed by atoms with E-state index in [0.717, 1.165) is 12.5 Å². The Labute approximate surface area is 68.5 Å². The zero-order valence-electron chi connectivity index (χ0n) is 7.59. The average Bonchev–Trinajstić information content (AvgIpc) is 2.82. The topological polar surface area (TPSA) is 27.6 Å². The van der Waals surface area contributed by atoms with Crippen molar-refractivity contribution in [1.82, 2.24) is 10.2 Å². The molecule has 0 bridgehead atoms. The number of nitrogens with one attached hydrogen (secondary N) is 1. The zero-order chi connectivity index (χ0) is 8.27. The van der Waals surface area contributed by atoms with Crippen molar-refractivity contribution in [2.75, 3.05) is 20.6 Å². The van der Waals surface area contributed by atoms with E-state index in [1.165, 1.54) is 12.8 Å². The number of hydrogen-bond donors (Lipinski definition) is 1. The summed E-state index contributed by atoms with van der Waals surface area (Å²) < 4.78 is 0. The molecule has 1 aliphatic rings. The molecule has 0 atom stereocenters. The highest BCUT2D eigenvalue weighted by Crippen LogP contribution is 2.18. The first-order chi connectivity index (χ1) is 5.27. The van der Waals surface area contributed by atoms with Crippen LogP contribution in [0.5, 0.6) is 0 Å². The number of aliphatic imine (C=N–C) groups is 1. The smallest absolute Gasteiger partial charge is 0.193 e. The van der Waals surface area contributed by atoms with Crippen molar-refractivity contribution in [3.05, 3.63) is 0 Å². The van der Waals surface area contributed by atoms with Crippen molar-refractivity contribution in [2.45, 2.75) is 25.8 Å². The van der Waals surface area contributed by atoms with Crippen LogP contribution in [0.3, 0.4) is 0 Å². The highest BCUT2D eigenvalue weighted by atomic mass is 15.3. The highest BCUT2D eigenvalue weighted by molar-refractivity contribution is 5.80. The van der Waals surface area contributed by atoms with Crippen LogP contribution in [-0.2, 0) is 0 Å². The van der Waals surface area contributed by atoms with Gasteiger partial charge in [-0.2, -0.15) is 0 Å². The second-order valence-corrected chi connectivity index (χ2v) is 2.98. The SMILES string of the molecule is CCN(C)C(=NC)NC1CC1. The van der Waals surface area contributed by atoms with E-state index in [9.17, 15) is 0 Å². The van der Waals surface area contributed by atoms with E-state index in [0.29, 0.717) is 6.04 Å². The Bertz CT molecular complexity index is 149. The van der Waals surface area contributed by atoms with Gasteiger partial charge in [-0.3, -0.25) is 4.99 Å². The zero-order valence-corrected chi connectivity index (χ0v) is 7.59. The van der Waals surface area contributed by atoms with Crippen molar-refractivity contribution >= 4 is 5.96 Å². The Morgan fingerprint density at radius 2 is 2.27 bits per heavy atom. The third-order valence-corrected chi connectivity index (χ3v) is 1.96. The molecule has 0 aromatic carbocycles. The van der Waals surface area contributed by atoms with Gasteiger partial charge in [-0.15, -0.1) is 0 Å². The van der Waals surface area contributed by atoms with E-state index in [2.05, 4.69) is 29.2 Å². The van der Waals surface area contributed by atoms with Gasteiger partial charge >= 0.3 is 0 Å². The minimum atomic E-state index is 0.697. The second kappa shape index (κ2) is 3.60. The van der Waals surface area contributed by atoms with E-state index in [-0.39, 0.29) is 0 Å². The first-order valence-corrected chi connectivity index (χ1v) is 4.22. The van der Waals surface area contributed by atoms with E-state index < -0.39 is 0 Å². The van der Waals surface area contributed by atoms with Gasteiger partial charge in [-0.05, 0) is 19.8 Å². The fourth-order valence-electron chi connectivity index (χ4n) is 0.905. The first kappa shape index (κ1) is 8.37. The number of nitrogens with zero attached hydrogens (tertiary/aromatic N) is 2. The molecule has 0 unspecified atom stereocenters. The molecule has 0 aliphatic heterocycles. The lowest BCUT2D eigenvalue weighted by Gasteiger charge is -2.19. The molecule has 1 saturated carbocycles. The molecular weight excluding hydrogens is 138 g/mol. The third kappa shape index (κ3) is 2.41. The number of guanidine groups is 1. The van der Waals surface area contributed by atoms with Gasteiger partial charge in [0.2, 0.25) is 0 Å². The molecule has 0 aromatic heterocycles. The van der Waals surface area contributed by atoms with Crippen molar-refractivity contribution in [3.63, 3.8) is 0 Å². The minimum absolute atomic E-state index is 0.697. The maximum absolute atomic E-state index is 4.17. The molecule has 64 valence electrons. The molecule has 11 heavy (non-hydrogen) atoms. The first-order valence-electron chi connectivity index (χ1n) is 4.22. The maximum atomic E-state index is 4.17. The molecule has 3 nitrogen and oxygen atoms in total. The molecule has 1 rings (SSSR count). The van der Waals surface area contributed by atoms with Gasteiger partial charge in [0.05, 0.1) is 0 Å². The quantitative estimate of drug-likeness (QED) is 0.469. The molecule has 3 heteroatoms. The molecule has 1 aliphatic carbocycles. The average molecular weight is 155 g/mol. The third-order valence-electron chi connectivity index (χ3n) is 1.96. The number of rotatable bonds is 2. The molecular formula is C8H17N3. The van der Waals surface area contributed by atoms with Crippen LogP contribution in [0, 0.1) is 0 Å². The normalized spacial score (nSPS) is 18.3. The van der Waals surface area contributed by atoms with Crippen molar-refractivity contribution in [2.24, 2.45) is 4.99 Å². The Balaban J connectivity index is 2.35. The van der Waals surface area contributed by atoms with Crippen LogP contribution in [0.2, 0.25) is 0 Å². The van der Waals surface area contributed by atoms with Gasteiger partial charge in [0, 0.05) is 26.7 Å². The van der Waals surface area contributed by atoms with Crippen LogP contribution in [0.25, 0.3) is 0 Å². The predicted octanol–water partition coefficient (Wildman–Crippen LogP) is 0.676. The largest absolute Gasteiger partial charge is 0.354 e. The number of hydrogen-bond acceptors (Lipinski definition) is 1. The minimum Gasteiger partial charge on any atom is -0.354 e. The van der Waals surface area contributed by atoms with Crippen LogP contribution in [0.4, 0.5) is 0 Å². The van der Waals surface area contributed by atoms with Gasteiger partial charge in [0.25, 0.3) is 0 Å². The molecule has 0 saturated heterocycles.